The van der Waals surface area contributed by atoms with Crippen molar-refractivity contribution < 1.29 is 9.53 Å². The quantitative estimate of drug-likeness (QED) is 0.607. The van der Waals surface area contributed by atoms with Crippen LogP contribution in [0.25, 0.3) is 0 Å². The third kappa shape index (κ3) is 9.57. The van der Waals surface area contributed by atoms with E-state index >= 15 is 0 Å². The summed E-state index contributed by atoms with van der Waals surface area (Å²) in [6.45, 7) is 1.89. The molecule has 0 saturated heterocycles. The Morgan fingerprint density at radius 1 is 1.27 bits per heavy atom. The van der Waals surface area contributed by atoms with Crippen LogP contribution < -0.4 is 0 Å². The molecule has 0 spiro atoms. The molecule has 0 radical (unpaired) electrons. The van der Waals surface area contributed by atoms with Crippen molar-refractivity contribution in [2.75, 3.05) is 11.9 Å². The standard InChI is InChI=1S/C10H12O2.CH2Cl2/c1-9(11)12-8-7-10-5-3-2-4-6-10;2-1-3/h2-6H,7-8H2,1H3;1H2. The molecule has 0 bridgehead atoms. The summed E-state index contributed by atoms with van der Waals surface area (Å²) in [7, 11) is 0. The first-order valence-corrected chi connectivity index (χ1v) is 5.56. The number of hydrogen-bond acceptors (Lipinski definition) is 2. The Morgan fingerprint density at radius 3 is 2.27 bits per heavy atom. The molecule has 0 aliphatic carbocycles. The summed E-state index contributed by atoms with van der Waals surface area (Å²) in [6.07, 6.45) is 0.792. The highest BCUT2D eigenvalue weighted by molar-refractivity contribution is 6.40. The van der Waals surface area contributed by atoms with E-state index in [0.717, 1.165) is 6.42 Å². The van der Waals surface area contributed by atoms with E-state index in [1.165, 1.54) is 12.5 Å². The Bertz CT molecular complexity index is 263. The highest BCUT2D eigenvalue weighted by atomic mass is 35.5. The fourth-order valence-electron chi connectivity index (χ4n) is 0.957. The van der Waals surface area contributed by atoms with Gasteiger partial charge in [-0.2, -0.15) is 0 Å². The molecule has 0 atom stereocenters. The molecular formula is C11H14Cl2O2. The van der Waals surface area contributed by atoms with Gasteiger partial charge in [0.1, 0.15) is 0 Å². The molecule has 0 amide bonds. The SMILES string of the molecule is CC(=O)OCCc1ccccc1.ClCCl. The molecule has 4 heteroatoms. The number of carbonyl (C=O) groups excluding carboxylic acids is 1. The van der Waals surface area contributed by atoms with Crippen LogP contribution in [0.15, 0.2) is 30.3 Å². The van der Waals surface area contributed by atoms with E-state index in [1.54, 1.807) is 0 Å². The monoisotopic (exact) mass is 248 g/mol. The maximum atomic E-state index is 10.4. The van der Waals surface area contributed by atoms with Gasteiger partial charge in [0, 0.05) is 13.3 Å². The number of alkyl halides is 2. The second-order valence-corrected chi connectivity index (χ2v) is 3.48. The number of rotatable bonds is 3. The second kappa shape index (κ2) is 9.81. The molecule has 84 valence electrons. The average molecular weight is 249 g/mol. The van der Waals surface area contributed by atoms with Crippen LogP contribution in [0.1, 0.15) is 12.5 Å². The van der Waals surface area contributed by atoms with Crippen molar-refractivity contribution in [3.63, 3.8) is 0 Å². The van der Waals surface area contributed by atoms with E-state index in [2.05, 4.69) is 0 Å². The van der Waals surface area contributed by atoms with Gasteiger partial charge in [0.15, 0.2) is 0 Å². The molecule has 1 rings (SSSR count). The van der Waals surface area contributed by atoms with Gasteiger partial charge in [-0.25, -0.2) is 0 Å². The number of ether oxygens (including phenoxy) is 1. The third-order valence-electron chi connectivity index (χ3n) is 1.54. The summed E-state index contributed by atoms with van der Waals surface area (Å²) >= 11 is 9.53. The zero-order valence-electron chi connectivity index (χ0n) is 8.58. The summed E-state index contributed by atoms with van der Waals surface area (Å²) in [6, 6.07) is 9.95. The van der Waals surface area contributed by atoms with Gasteiger partial charge in [-0.15, -0.1) is 23.2 Å². The van der Waals surface area contributed by atoms with Gasteiger partial charge in [0.25, 0.3) is 0 Å². The van der Waals surface area contributed by atoms with Crippen LogP contribution in [0.2, 0.25) is 0 Å². The van der Waals surface area contributed by atoms with Crippen LogP contribution in [0.3, 0.4) is 0 Å². The largest absolute Gasteiger partial charge is 0.466 e. The lowest BCUT2D eigenvalue weighted by Crippen LogP contribution is -2.02. The smallest absolute Gasteiger partial charge is 0.302 e. The van der Waals surface area contributed by atoms with E-state index in [0.29, 0.717) is 6.61 Å². The number of hydrogen-bond donors (Lipinski definition) is 0. The van der Waals surface area contributed by atoms with Gasteiger partial charge in [-0.1, -0.05) is 30.3 Å². The minimum absolute atomic E-state index is 0.194. The average Bonchev–Trinajstić information content (AvgIpc) is 2.20. The Kier molecular flexibility index (Phi) is 9.33. The van der Waals surface area contributed by atoms with Crippen molar-refractivity contribution in [1.29, 1.82) is 0 Å². The van der Waals surface area contributed by atoms with Gasteiger partial charge in [0.05, 0.1) is 11.9 Å². The van der Waals surface area contributed by atoms with Crippen molar-refractivity contribution >= 4 is 29.2 Å². The Labute approximate surface area is 100 Å². The van der Waals surface area contributed by atoms with E-state index < -0.39 is 0 Å². The summed E-state index contributed by atoms with van der Waals surface area (Å²) in [5, 5.41) is 0.194. The molecule has 0 N–H and O–H groups in total. The third-order valence-corrected chi connectivity index (χ3v) is 1.54. The Balaban J connectivity index is 0.000000583. The summed E-state index contributed by atoms with van der Waals surface area (Å²) in [5.74, 6) is -0.217. The molecule has 1 aromatic rings. The summed E-state index contributed by atoms with van der Waals surface area (Å²) in [4.78, 5) is 10.4. The maximum Gasteiger partial charge on any atom is 0.302 e. The van der Waals surface area contributed by atoms with Crippen LogP contribution in [-0.4, -0.2) is 17.9 Å². The lowest BCUT2D eigenvalue weighted by molar-refractivity contribution is -0.140. The highest BCUT2D eigenvalue weighted by Gasteiger charge is 1.93. The molecule has 2 nitrogen and oxygen atoms in total. The fourth-order valence-corrected chi connectivity index (χ4v) is 0.957. The van der Waals surface area contributed by atoms with E-state index in [9.17, 15) is 4.79 Å². The van der Waals surface area contributed by atoms with Crippen molar-refractivity contribution in [1.82, 2.24) is 0 Å². The Morgan fingerprint density at radius 2 is 1.80 bits per heavy atom. The minimum Gasteiger partial charge on any atom is -0.466 e. The van der Waals surface area contributed by atoms with Crippen LogP contribution in [0.4, 0.5) is 0 Å². The van der Waals surface area contributed by atoms with Crippen molar-refractivity contribution in [2.45, 2.75) is 13.3 Å². The molecule has 0 fully saturated rings. The van der Waals surface area contributed by atoms with Crippen LogP contribution in [-0.2, 0) is 16.0 Å². The van der Waals surface area contributed by atoms with Gasteiger partial charge < -0.3 is 4.74 Å². The van der Waals surface area contributed by atoms with Gasteiger partial charge in [-0.3, -0.25) is 4.79 Å². The summed E-state index contributed by atoms with van der Waals surface area (Å²) < 4.78 is 4.81. The Hall–Kier alpha value is -0.730. The number of carbonyl (C=O) groups is 1. The molecule has 0 heterocycles. The van der Waals surface area contributed by atoms with Gasteiger partial charge >= 0.3 is 5.97 Å². The molecular weight excluding hydrogens is 235 g/mol. The van der Waals surface area contributed by atoms with E-state index in [1.807, 2.05) is 30.3 Å². The fraction of sp³-hybridized carbons (Fsp3) is 0.364. The zero-order valence-corrected chi connectivity index (χ0v) is 10.1. The van der Waals surface area contributed by atoms with Gasteiger partial charge in [-0.05, 0) is 5.56 Å². The predicted octanol–water partition coefficient (Wildman–Crippen LogP) is 3.21. The number of esters is 1. The molecule has 0 unspecified atom stereocenters. The molecule has 0 saturated carbocycles. The van der Waals surface area contributed by atoms with Crippen LogP contribution in [0.5, 0.6) is 0 Å². The van der Waals surface area contributed by atoms with Crippen molar-refractivity contribution in [3.8, 4) is 0 Å². The predicted molar refractivity (Wildman–Crippen MR) is 63.4 cm³/mol. The topological polar surface area (TPSA) is 26.3 Å². The van der Waals surface area contributed by atoms with Crippen molar-refractivity contribution in [3.05, 3.63) is 35.9 Å². The first-order chi connectivity index (χ1) is 7.20. The van der Waals surface area contributed by atoms with Crippen molar-refractivity contribution in [2.24, 2.45) is 0 Å². The molecule has 0 aromatic heterocycles. The first-order valence-electron chi connectivity index (χ1n) is 4.50. The zero-order chi connectivity index (χ0) is 11.5. The van der Waals surface area contributed by atoms with Crippen LogP contribution in [0, 0.1) is 0 Å². The second-order valence-electron chi connectivity index (χ2n) is 2.68. The molecule has 0 aliphatic heterocycles. The van der Waals surface area contributed by atoms with E-state index in [4.69, 9.17) is 27.9 Å². The van der Waals surface area contributed by atoms with Crippen LogP contribution >= 0.6 is 23.2 Å². The number of benzene rings is 1. The van der Waals surface area contributed by atoms with E-state index in [-0.39, 0.29) is 11.3 Å². The normalized spacial score (nSPS) is 8.73. The minimum atomic E-state index is -0.217. The lowest BCUT2D eigenvalue weighted by atomic mass is 10.2. The molecule has 15 heavy (non-hydrogen) atoms. The van der Waals surface area contributed by atoms with Gasteiger partial charge in [0.2, 0.25) is 0 Å². The molecule has 0 aliphatic rings. The highest BCUT2D eigenvalue weighted by Crippen LogP contribution is 1.99. The summed E-state index contributed by atoms with van der Waals surface area (Å²) in [5.41, 5.74) is 1.19. The first kappa shape index (κ1) is 14.3. The molecule has 1 aromatic carbocycles. The maximum absolute atomic E-state index is 10.4. The number of halogens is 2. The lowest BCUT2D eigenvalue weighted by Gasteiger charge is -2.00.